The van der Waals surface area contributed by atoms with Gasteiger partial charge in [0.05, 0.1) is 11.8 Å². The molecule has 0 unspecified atom stereocenters. The van der Waals surface area contributed by atoms with Crippen LogP contribution in [0.4, 0.5) is 0 Å². The van der Waals surface area contributed by atoms with Crippen molar-refractivity contribution in [1.82, 2.24) is 10.3 Å². The van der Waals surface area contributed by atoms with Crippen LogP contribution in [0, 0.1) is 25.2 Å². The van der Waals surface area contributed by atoms with Crippen LogP contribution in [-0.2, 0) is 0 Å². The smallest absolute Gasteiger partial charge is 0.281 e. The number of aromatic nitrogens is 1. The number of aryl methyl sites for hydroxylation is 2. The van der Waals surface area contributed by atoms with E-state index in [2.05, 4.69) is 10.3 Å². The zero-order valence-electron chi connectivity index (χ0n) is 7.42. The molecule has 1 aromatic rings. The van der Waals surface area contributed by atoms with E-state index in [1.807, 2.05) is 19.9 Å². The number of nitrogens with one attached hydrogen (secondary N) is 1. The van der Waals surface area contributed by atoms with Gasteiger partial charge in [0.1, 0.15) is 6.54 Å². The molecule has 0 aliphatic heterocycles. The monoisotopic (exact) mass is 195 g/mol. The summed E-state index contributed by atoms with van der Waals surface area (Å²) in [6.45, 7) is 3.79. The summed E-state index contributed by atoms with van der Waals surface area (Å²) in [5.41, 5.74) is 0.868. The molecule has 1 heterocycles. The number of carbonyl (C=O) groups is 1. The summed E-state index contributed by atoms with van der Waals surface area (Å²) < 4.78 is 0. The SMILES string of the molecule is Cc1nc(C(=O)NCC#N)sc1C. The Morgan fingerprint density at radius 2 is 2.38 bits per heavy atom. The van der Waals surface area contributed by atoms with Crippen LogP contribution in [-0.4, -0.2) is 17.4 Å². The highest BCUT2D eigenvalue weighted by Gasteiger charge is 2.10. The van der Waals surface area contributed by atoms with Gasteiger partial charge in [0.15, 0.2) is 5.01 Å². The van der Waals surface area contributed by atoms with E-state index in [0.717, 1.165) is 10.6 Å². The third-order valence-electron chi connectivity index (χ3n) is 1.55. The van der Waals surface area contributed by atoms with Gasteiger partial charge in [-0.25, -0.2) is 4.98 Å². The Morgan fingerprint density at radius 1 is 1.69 bits per heavy atom. The van der Waals surface area contributed by atoms with Gasteiger partial charge in [-0.3, -0.25) is 4.79 Å². The van der Waals surface area contributed by atoms with Crippen LogP contribution in [0.3, 0.4) is 0 Å². The minimum absolute atomic E-state index is 0.0243. The van der Waals surface area contributed by atoms with Crippen molar-refractivity contribution in [3.05, 3.63) is 15.6 Å². The second kappa shape index (κ2) is 4.01. The largest absolute Gasteiger partial charge is 0.337 e. The van der Waals surface area contributed by atoms with Gasteiger partial charge in [0, 0.05) is 4.88 Å². The standard InChI is InChI=1S/C8H9N3OS/c1-5-6(2)13-8(11-5)7(12)10-4-3-9/h4H2,1-2H3,(H,10,12). The first-order chi connectivity index (χ1) is 6.15. The van der Waals surface area contributed by atoms with Crippen LogP contribution in [0.2, 0.25) is 0 Å². The maximum Gasteiger partial charge on any atom is 0.281 e. The van der Waals surface area contributed by atoms with Gasteiger partial charge in [-0.1, -0.05) is 0 Å². The summed E-state index contributed by atoms with van der Waals surface area (Å²) in [6.07, 6.45) is 0. The van der Waals surface area contributed by atoms with Gasteiger partial charge < -0.3 is 5.32 Å². The molecule has 0 saturated carbocycles. The zero-order chi connectivity index (χ0) is 9.84. The van der Waals surface area contributed by atoms with E-state index in [9.17, 15) is 4.79 Å². The number of hydrogen-bond acceptors (Lipinski definition) is 4. The average Bonchev–Trinajstić information content (AvgIpc) is 2.43. The maximum absolute atomic E-state index is 11.3. The lowest BCUT2D eigenvalue weighted by Gasteiger charge is -1.93. The number of nitriles is 1. The van der Waals surface area contributed by atoms with Crippen LogP contribution in [0.15, 0.2) is 0 Å². The van der Waals surface area contributed by atoms with E-state index in [0.29, 0.717) is 5.01 Å². The molecular formula is C8H9N3OS. The van der Waals surface area contributed by atoms with E-state index in [4.69, 9.17) is 5.26 Å². The Kier molecular flexibility index (Phi) is 2.98. The fourth-order valence-electron chi connectivity index (χ4n) is 0.765. The number of thiazole rings is 1. The normalized spacial score (nSPS) is 9.31. The summed E-state index contributed by atoms with van der Waals surface area (Å²) in [6, 6.07) is 1.83. The average molecular weight is 195 g/mol. The predicted octanol–water partition coefficient (Wildman–Crippen LogP) is 1.01. The predicted molar refractivity (Wildman–Crippen MR) is 49.5 cm³/mol. The highest BCUT2D eigenvalue weighted by Crippen LogP contribution is 2.15. The van der Waals surface area contributed by atoms with E-state index < -0.39 is 0 Å². The van der Waals surface area contributed by atoms with Gasteiger partial charge in [-0.15, -0.1) is 11.3 Å². The molecule has 0 saturated heterocycles. The van der Waals surface area contributed by atoms with Crippen LogP contribution in [0.1, 0.15) is 20.4 Å². The lowest BCUT2D eigenvalue weighted by Crippen LogP contribution is -2.23. The molecule has 0 aliphatic carbocycles. The van der Waals surface area contributed by atoms with Gasteiger partial charge >= 0.3 is 0 Å². The number of amides is 1. The van der Waals surface area contributed by atoms with Crippen molar-refractivity contribution in [2.24, 2.45) is 0 Å². The Morgan fingerprint density at radius 3 is 2.85 bits per heavy atom. The van der Waals surface area contributed by atoms with Crippen LogP contribution in [0.5, 0.6) is 0 Å². The fourth-order valence-corrected chi connectivity index (χ4v) is 1.60. The third-order valence-corrected chi connectivity index (χ3v) is 2.62. The second-order valence-electron chi connectivity index (χ2n) is 2.50. The molecule has 1 N–H and O–H groups in total. The second-order valence-corrected chi connectivity index (χ2v) is 3.70. The molecule has 0 fully saturated rings. The van der Waals surface area contributed by atoms with Gasteiger partial charge in [-0.2, -0.15) is 5.26 Å². The summed E-state index contributed by atoms with van der Waals surface area (Å²) in [7, 11) is 0. The molecule has 0 radical (unpaired) electrons. The Balaban J connectivity index is 2.73. The van der Waals surface area contributed by atoms with Gasteiger partial charge in [0.25, 0.3) is 5.91 Å². The minimum Gasteiger partial charge on any atom is -0.337 e. The lowest BCUT2D eigenvalue weighted by molar-refractivity contribution is 0.0958. The Labute approximate surface area is 80.2 Å². The number of carbonyl (C=O) groups excluding carboxylic acids is 1. The van der Waals surface area contributed by atoms with Crippen molar-refractivity contribution in [3.63, 3.8) is 0 Å². The van der Waals surface area contributed by atoms with E-state index in [1.165, 1.54) is 11.3 Å². The summed E-state index contributed by atoms with van der Waals surface area (Å²) in [5.74, 6) is -0.275. The molecule has 68 valence electrons. The van der Waals surface area contributed by atoms with Gasteiger partial charge in [0.2, 0.25) is 0 Å². The molecular weight excluding hydrogens is 186 g/mol. The molecule has 0 bridgehead atoms. The third kappa shape index (κ3) is 2.26. The number of rotatable bonds is 2. The molecule has 1 rings (SSSR count). The lowest BCUT2D eigenvalue weighted by atomic mass is 10.4. The highest BCUT2D eigenvalue weighted by molar-refractivity contribution is 7.13. The number of nitrogens with zero attached hydrogens (tertiary/aromatic N) is 2. The molecule has 0 aromatic carbocycles. The minimum atomic E-state index is -0.275. The zero-order valence-corrected chi connectivity index (χ0v) is 8.23. The topological polar surface area (TPSA) is 65.8 Å². The van der Waals surface area contributed by atoms with Gasteiger partial charge in [-0.05, 0) is 13.8 Å². The van der Waals surface area contributed by atoms with E-state index in [1.54, 1.807) is 0 Å². The van der Waals surface area contributed by atoms with Crippen molar-refractivity contribution in [2.45, 2.75) is 13.8 Å². The fraction of sp³-hybridized carbons (Fsp3) is 0.375. The van der Waals surface area contributed by atoms with Crippen molar-refractivity contribution in [1.29, 1.82) is 5.26 Å². The Hall–Kier alpha value is -1.41. The molecule has 13 heavy (non-hydrogen) atoms. The van der Waals surface area contributed by atoms with Crippen molar-refractivity contribution >= 4 is 17.2 Å². The highest BCUT2D eigenvalue weighted by atomic mass is 32.1. The molecule has 0 spiro atoms. The van der Waals surface area contributed by atoms with Crippen molar-refractivity contribution < 1.29 is 4.79 Å². The van der Waals surface area contributed by atoms with E-state index in [-0.39, 0.29) is 12.5 Å². The first-order valence-corrected chi connectivity index (χ1v) is 4.56. The summed E-state index contributed by atoms with van der Waals surface area (Å²) in [4.78, 5) is 16.3. The van der Waals surface area contributed by atoms with Crippen LogP contribution < -0.4 is 5.32 Å². The molecule has 1 aromatic heterocycles. The maximum atomic E-state index is 11.3. The van der Waals surface area contributed by atoms with Crippen molar-refractivity contribution in [2.75, 3.05) is 6.54 Å². The van der Waals surface area contributed by atoms with Crippen molar-refractivity contribution in [3.8, 4) is 6.07 Å². The Bertz CT molecular complexity index is 344. The quantitative estimate of drug-likeness (QED) is 0.716. The molecule has 1 amide bonds. The van der Waals surface area contributed by atoms with Crippen LogP contribution in [0.25, 0.3) is 0 Å². The number of hydrogen-bond donors (Lipinski definition) is 1. The molecule has 0 atom stereocenters. The molecule has 4 nitrogen and oxygen atoms in total. The van der Waals surface area contributed by atoms with E-state index >= 15 is 0 Å². The van der Waals surface area contributed by atoms with Crippen LogP contribution >= 0.6 is 11.3 Å². The summed E-state index contributed by atoms with van der Waals surface area (Å²) >= 11 is 1.34. The first kappa shape index (κ1) is 9.68. The molecule has 5 heteroatoms. The molecule has 0 aliphatic rings. The first-order valence-electron chi connectivity index (χ1n) is 3.74. The summed E-state index contributed by atoms with van der Waals surface area (Å²) in [5, 5.41) is 11.1.